The molecule has 0 fully saturated rings. The molecule has 0 bridgehead atoms. The summed E-state index contributed by atoms with van der Waals surface area (Å²) < 4.78 is 118. The third-order valence-corrected chi connectivity index (χ3v) is 10.1. The second-order valence-corrected chi connectivity index (χ2v) is 14.8. The second-order valence-electron chi connectivity index (χ2n) is 10.6. The number of hydrogen-bond acceptors (Lipinski definition) is 14. The molecule has 5 aromatic carbocycles. The zero-order valence-electron chi connectivity index (χ0n) is 28.6. The van der Waals surface area contributed by atoms with Crippen molar-refractivity contribution in [3.8, 4) is 5.75 Å². The van der Waals surface area contributed by atoms with Gasteiger partial charge >= 0.3 is 6.08 Å². The van der Waals surface area contributed by atoms with E-state index in [0.29, 0.717) is 5.69 Å². The summed E-state index contributed by atoms with van der Waals surface area (Å²) >= 11 is 0. The molecule has 0 amide bonds. The molecule has 0 unspecified atom stereocenters. The minimum absolute atomic E-state index is 0. The number of nitrogens with one attached hydrogen (secondary N) is 1. The maximum Gasteiger partial charge on any atom is 0.315 e. The van der Waals surface area contributed by atoms with Crippen LogP contribution in [0.4, 0.5) is 39.0 Å². The number of halogens is 1. The van der Waals surface area contributed by atoms with E-state index in [1.54, 1.807) is 37.4 Å². The molecule has 17 nitrogen and oxygen atoms in total. The third-order valence-electron chi connectivity index (χ3n) is 7.37. The van der Waals surface area contributed by atoms with Crippen LogP contribution in [-0.4, -0.2) is 155 Å². The molecule has 24 heteroatoms. The zero-order valence-corrected chi connectivity index (χ0v) is 37.1. The van der Waals surface area contributed by atoms with E-state index < -0.39 is 73.6 Å². The largest absolute Gasteiger partial charge is 0.505 e. The molecule has 6 aromatic rings. The quantitative estimate of drug-likeness (QED) is 0.0761. The van der Waals surface area contributed by atoms with Crippen molar-refractivity contribution in [2.45, 2.75) is 14.7 Å². The molecule has 0 aliphatic rings. The van der Waals surface area contributed by atoms with E-state index in [9.17, 15) is 48.4 Å². The topological polar surface area (TPSA) is 262 Å². The summed E-state index contributed by atoms with van der Waals surface area (Å²) in [5, 5.41) is 20.6. The number of nitrogens with zero attached hydrogens (tertiary/aromatic N) is 6. The van der Waals surface area contributed by atoms with E-state index in [2.05, 4.69) is 30.5 Å². The van der Waals surface area contributed by atoms with E-state index >= 15 is 0 Å². The first kappa shape index (κ1) is 45.7. The van der Waals surface area contributed by atoms with E-state index in [0.717, 1.165) is 36.4 Å². The van der Waals surface area contributed by atoms with Crippen LogP contribution in [0.2, 0.25) is 0 Å². The van der Waals surface area contributed by atoms with Gasteiger partial charge in [-0.3, -0.25) is 13.7 Å². The average molecular weight is 825 g/mol. The Morgan fingerprint density at radius 3 is 1.96 bits per heavy atom. The SMILES string of the molecule is CN(c1ccccc1)c1nc(F)nc(Nc2ccc3c(O)c(N=Nc4ccc5c(S(=O)(=O)O)cccc5c4S(=O)(=O)O)c(S(=O)(=O)O)cc3c2)n1.[Na].[Na].[Na]. The normalized spacial score (nSPS) is 11.8. The minimum Gasteiger partial charge on any atom is -0.505 e. The van der Waals surface area contributed by atoms with E-state index in [1.807, 2.05) is 0 Å². The Hall–Kier alpha value is -2.71. The van der Waals surface area contributed by atoms with Gasteiger partial charge in [0.15, 0.2) is 5.75 Å². The molecule has 0 aliphatic heterocycles. The summed E-state index contributed by atoms with van der Waals surface area (Å²) in [6.07, 6.45) is -1.10. The van der Waals surface area contributed by atoms with Gasteiger partial charge in [-0.2, -0.15) is 44.6 Å². The number of benzene rings is 5. The first-order valence-corrected chi connectivity index (χ1v) is 18.4. The van der Waals surface area contributed by atoms with Gasteiger partial charge in [-0.25, -0.2) is 0 Å². The van der Waals surface area contributed by atoms with Crippen LogP contribution in [0.1, 0.15) is 0 Å². The number of rotatable bonds is 9. The smallest absolute Gasteiger partial charge is 0.315 e. The first-order chi connectivity index (χ1) is 23.9. The molecule has 0 saturated carbocycles. The summed E-state index contributed by atoms with van der Waals surface area (Å²) in [4.78, 5) is 10.5. The van der Waals surface area contributed by atoms with Crippen LogP contribution in [0.5, 0.6) is 5.75 Å². The van der Waals surface area contributed by atoms with Gasteiger partial charge in [0.2, 0.25) is 11.9 Å². The number of hydrogen-bond donors (Lipinski definition) is 5. The monoisotopic (exact) mass is 824 g/mol. The van der Waals surface area contributed by atoms with Crippen LogP contribution in [0.3, 0.4) is 0 Å². The Morgan fingerprint density at radius 2 is 1.33 bits per heavy atom. The van der Waals surface area contributed by atoms with Gasteiger partial charge in [-0.15, -0.1) is 10.2 Å². The molecule has 0 aliphatic carbocycles. The van der Waals surface area contributed by atoms with Gasteiger partial charge in [0, 0.05) is 123 Å². The Balaban J connectivity index is 0.00000261. The Bertz CT molecular complexity index is 2770. The molecule has 265 valence electrons. The number of anilines is 4. The molecule has 3 radical (unpaired) electrons. The number of para-hydroxylation sites is 1. The van der Waals surface area contributed by atoms with Gasteiger partial charge in [0.05, 0.1) is 0 Å². The van der Waals surface area contributed by atoms with Crippen molar-refractivity contribution >= 4 is 175 Å². The zero-order chi connectivity index (χ0) is 36.9. The summed E-state index contributed by atoms with van der Waals surface area (Å²) in [5.41, 5.74) is -0.608. The van der Waals surface area contributed by atoms with Crippen LogP contribution < -0.4 is 10.2 Å². The fourth-order valence-electron chi connectivity index (χ4n) is 5.13. The molecule has 0 atom stereocenters. The van der Waals surface area contributed by atoms with Crippen molar-refractivity contribution in [2.24, 2.45) is 10.2 Å². The number of aromatic nitrogens is 3. The van der Waals surface area contributed by atoms with Gasteiger partial charge in [0.25, 0.3) is 30.4 Å². The Kier molecular flexibility index (Phi) is 14.9. The number of phenolic OH excluding ortho intramolecular Hbond substituents is 1. The molecule has 6 rings (SSSR count). The molecule has 0 spiro atoms. The molecule has 5 N–H and O–H groups in total. The average Bonchev–Trinajstić information content (AvgIpc) is 3.05. The van der Waals surface area contributed by atoms with Gasteiger partial charge in [0.1, 0.15) is 26.1 Å². The molecule has 1 heterocycles. The number of phenols is 1. The predicted octanol–water partition coefficient (Wildman–Crippen LogP) is 4.55. The van der Waals surface area contributed by atoms with Crippen LogP contribution >= 0.6 is 0 Å². The van der Waals surface area contributed by atoms with Crippen molar-refractivity contribution in [1.29, 1.82) is 0 Å². The Labute approximate surface area is 373 Å². The van der Waals surface area contributed by atoms with E-state index in [4.69, 9.17) is 0 Å². The van der Waals surface area contributed by atoms with Gasteiger partial charge in [-0.05, 0) is 53.9 Å². The van der Waals surface area contributed by atoms with Crippen LogP contribution in [-0.2, 0) is 30.4 Å². The van der Waals surface area contributed by atoms with Gasteiger partial charge < -0.3 is 15.3 Å². The van der Waals surface area contributed by atoms with Crippen molar-refractivity contribution in [1.82, 2.24) is 15.0 Å². The minimum atomic E-state index is -5.17. The van der Waals surface area contributed by atoms with Crippen molar-refractivity contribution in [3.63, 3.8) is 0 Å². The molecule has 54 heavy (non-hydrogen) atoms. The summed E-state index contributed by atoms with van der Waals surface area (Å²) in [6, 6.07) is 19.0. The van der Waals surface area contributed by atoms with Crippen molar-refractivity contribution < 1.29 is 48.4 Å². The van der Waals surface area contributed by atoms with Crippen LogP contribution in [0.25, 0.3) is 21.5 Å². The fourth-order valence-corrected chi connectivity index (χ4v) is 7.33. The number of fused-ring (bicyclic) bond motifs is 2. The first-order valence-electron chi connectivity index (χ1n) is 14.1. The maximum atomic E-state index is 14.4. The Morgan fingerprint density at radius 1 is 0.685 bits per heavy atom. The molecule has 0 saturated heterocycles. The van der Waals surface area contributed by atoms with E-state index in [-0.39, 0.29) is 122 Å². The maximum absolute atomic E-state index is 14.4. The number of azo groups is 1. The summed E-state index contributed by atoms with van der Waals surface area (Å²) in [7, 11) is -13.5. The molecular formula is C30H22FN7Na3O10S3. The van der Waals surface area contributed by atoms with Crippen LogP contribution in [0, 0.1) is 6.08 Å². The predicted molar refractivity (Wildman–Crippen MR) is 198 cm³/mol. The van der Waals surface area contributed by atoms with E-state index in [1.165, 1.54) is 23.1 Å². The van der Waals surface area contributed by atoms with Crippen LogP contribution in [0.15, 0.2) is 110 Å². The van der Waals surface area contributed by atoms with Crippen molar-refractivity contribution in [2.75, 3.05) is 17.3 Å². The number of aromatic hydroxyl groups is 1. The second kappa shape index (κ2) is 17.6. The fraction of sp³-hybridized carbons (Fsp3) is 0.0333. The summed E-state index contributed by atoms with van der Waals surface area (Å²) in [5.74, 6) is -1.09. The third kappa shape index (κ3) is 9.80. The molecule has 1 aromatic heterocycles. The summed E-state index contributed by atoms with van der Waals surface area (Å²) in [6.45, 7) is 0. The van der Waals surface area contributed by atoms with Gasteiger partial charge in [-0.1, -0.05) is 36.4 Å². The molecular weight excluding hydrogens is 803 g/mol. The standard InChI is InChI=1S/C30H22FN7O10S3.3Na/c1-38(18-6-3-2-4-7-18)30-34-28(31)33-29(35-30)32-17-10-11-19-16(14-17)15-24(50(43,44)45)25(26(19)39)37-36-22-13-12-20-21(27(22)51(46,47)48)8-5-9-23(20)49(40,41)42;;;/h2-15,39H,1H3,(H,40,41,42)(H,43,44,45)(H,46,47,48)(H,32,33,34,35);;;. The van der Waals surface area contributed by atoms with Crippen molar-refractivity contribution in [3.05, 3.63) is 91.0 Å².